The van der Waals surface area contributed by atoms with Crippen molar-refractivity contribution in [1.29, 1.82) is 0 Å². The second-order valence-electron chi connectivity index (χ2n) is 6.51. The van der Waals surface area contributed by atoms with Gasteiger partial charge in [-0.2, -0.15) is 0 Å². The second-order valence-corrected chi connectivity index (χ2v) is 6.51. The van der Waals surface area contributed by atoms with Crippen LogP contribution in [-0.4, -0.2) is 21.9 Å². The van der Waals surface area contributed by atoms with Gasteiger partial charge in [0.2, 0.25) is 0 Å². The van der Waals surface area contributed by atoms with E-state index in [-0.39, 0.29) is 5.56 Å². The van der Waals surface area contributed by atoms with Crippen LogP contribution < -0.4 is 0 Å². The minimum absolute atomic E-state index is 0.282. The Morgan fingerprint density at radius 3 is 2.46 bits per heavy atom. The molecule has 0 amide bonds. The number of aromatic nitrogens is 1. The molecule has 0 unspecified atom stereocenters. The van der Waals surface area contributed by atoms with Crippen LogP contribution >= 0.6 is 0 Å². The molecule has 1 aromatic heterocycles. The Morgan fingerprint density at radius 1 is 1.04 bits per heavy atom. The maximum Gasteiger partial charge on any atom is 0.336 e. The monoisotopic (exact) mass is 346 g/mol. The van der Waals surface area contributed by atoms with Crippen LogP contribution in [0.4, 0.5) is 5.69 Å². The number of aryl methyl sites for hydroxylation is 2. The number of carbonyl (C=O) groups is 1. The lowest BCUT2D eigenvalue weighted by Crippen LogP contribution is -2.00. The van der Waals surface area contributed by atoms with E-state index in [0.717, 1.165) is 22.6 Å². The molecule has 0 atom stereocenters. The van der Waals surface area contributed by atoms with E-state index in [0.29, 0.717) is 11.3 Å². The van der Waals surface area contributed by atoms with Crippen LogP contribution in [0.2, 0.25) is 0 Å². The smallest absolute Gasteiger partial charge is 0.336 e. The van der Waals surface area contributed by atoms with Crippen LogP contribution in [-0.2, 0) is 0 Å². The van der Waals surface area contributed by atoms with Gasteiger partial charge in [-0.3, -0.25) is 4.99 Å². The van der Waals surface area contributed by atoms with Crippen LogP contribution in [0.3, 0.4) is 0 Å². The third-order valence-corrected chi connectivity index (χ3v) is 4.61. The van der Waals surface area contributed by atoms with E-state index in [1.165, 1.54) is 5.56 Å². The van der Waals surface area contributed by atoms with Gasteiger partial charge < -0.3 is 9.67 Å². The summed E-state index contributed by atoms with van der Waals surface area (Å²) >= 11 is 0. The third kappa shape index (κ3) is 3.31. The lowest BCUT2D eigenvalue weighted by molar-refractivity contribution is 0.0696. The largest absolute Gasteiger partial charge is 0.478 e. The minimum Gasteiger partial charge on any atom is -0.478 e. The SMILES string of the molecule is Cc1cccc(-n2c(C)cc(C=Nc3cccc(C(=O)O)c3C)c2C)c1. The second kappa shape index (κ2) is 7.00. The summed E-state index contributed by atoms with van der Waals surface area (Å²) in [5.41, 5.74) is 7.22. The summed E-state index contributed by atoms with van der Waals surface area (Å²) in [6.45, 7) is 8.00. The molecule has 2 aromatic carbocycles. The van der Waals surface area contributed by atoms with Crippen molar-refractivity contribution in [3.05, 3.63) is 82.2 Å². The number of nitrogens with zero attached hydrogens (tertiary/aromatic N) is 2. The molecule has 0 aliphatic heterocycles. The van der Waals surface area contributed by atoms with Gasteiger partial charge in [0, 0.05) is 28.9 Å². The van der Waals surface area contributed by atoms with Crippen LogP contribution in [0.15, 0.2) is 53.5 Å². The number of benzene rings is 2. The fourth-order valence-corrected chi connectivity index (χ4v) is 3.22. The highest BCUT2D eigenvalue weighted by Crippen LogP contribution is 2.24. The Morgan fingerprint density at radius 2 is 1.77 bits per heavy atom. The van der Waals surface area contributed by atoms with Crippen LogP contribution in [0.5, 0.6) is 0 Å². The number of carboxylic acids is 1. The van der Waals surface area contributed by atoms with E-state index >= 15 is 0 Å². The molecule has 1 N–H and O–H groups in total. The molecule has 0 fully saturated rings. The minimum atomic E-state index is -0.933. The number of carboxylic acid groups (broad SMARTS) is 1. The summed E-state index contributed by atoms with van der Waals surface area (Å²) < 4.78 is 2.20. The van der Waals surface area contributed by atoms with Crippen molar-refractivity contribution < 1.29 is 9.90 Å². The van der Waals surface area contributed by atoms with Gasteiger partial charge in [-0.25, -0.2) is 4.79 Å². The molecule has 0 spiro atoms. The molecule has 4 nitrogen and oxygen atoms in total. The molecule has 1 heterocycles. The number of hydrogen-bond donors (Lipinski definition) is 1. The molecule has 0 radical (unpaired) electrons. The molecule has 132 valence electrons. The zero-order chi connectivity index (χ0) is 18.8. The van der Waals surface area contributed by atoms with E-state index in [9.17, 15) is 9.90 Å². The topological polar surface area (TPSA) is 54.6 Å². The van der Waals surface area contributed by atoms with Crippen LogP contribution in [0.1, 0.15) is 38.4 Å². The maximum atomic E-state index is 11.3. The number of hydrogen-bond acceptors (Lipinski definition) is 2. The first-order chi connectivity index (χ1) is 12.4. The third-order valence-electron chi connectivity index (χ3n) is 4.61. The van der Waals surface area contributed by atoms with Crippen molar-refractivity contribution >= 4 is 17.9 Å². The summed E-state index contributed by atoms with van der Waals surface area (Å²) in [6.07, 6.45) is 1.81. The van der Waals surface area contributed by atoms with Gasteiger partial charge in [-0.1, -0.05) is 18.2 Å². The van der Waals surface area contributed by atoms with E-state index < -0.39 is 5.97 Å². The number of rotatable bonds is 4. The fraction of sp³-hybridized carbons (Fsp3) is 0.182. The highest BCUT2D eigenvalue weighted by atomic mass is 16.4. The molecule has 4 heteroatoms. The zero-order valence-electron chi connectivity index (χ0n) is 15.4. The van der Waals surface area contributed by atoms with Gasteiger partial charge in [-0.15, -0.1) is 0 Å². The Kier molecular flexibility index (Phi) is 4.76. The molecule has 0 aliphatic rings. The van der Waals surface area contributed by atoms with Crippen LogP contribution in [0, 0.1) is 27.7 Å². The highest BCUT2D eigenvalue weighted by molar-refractivity contribution is 5.92. The van der Waals surface area contributed by atoms with E-state index in [2.05, 4.69) is 60.7 Å². The van der Waals surface area contributed by atoms with Crippen molar-refractivity contribution in [1.82, 2.24) is 4.57 Å². The maximum absolute atomic E-state index is 11.3. The first kappa shape index (κ1) is 17.7. The lowest BCUT2D eigenvalue weighted by Gasteiger charge is -2.10. The molecule has 3 aromatic rings. The summed E-state index contributed by atoms with van der Waals surface area (Å²) in [5.74, 6) is -0.933. The Hall–Kier alpha value is -3.14. The molecule has 0 aliphatic carbocycles. The summed E-state index contributed by atoms with van der Waals surface area (Å²) in [6, 6.07) is 15.6. The van der Waals surface area contributed by atoms with Crippen molar-refractivity contribution in [3.8, 4) is 5.69 Å². The molecule has 0 saturated carbocycles. The standard InChI is InChI=1S/C22H22N2O2/c1-14-7-5-8-19(11-14)24-15(2)12-18(17(24)4)13-23-21-10-6-9-20(16(21)3)22(25)26/h5-13H,1-4H3,(H,25,26). The van der Waals surface area contributed by atoms with E-state index in [1.807, 2.05) is 12.3 Å². The van der Waals surface area contributed by atoms with Crippen LogP contribution in [0.25, 0.3) is 5.69 Å². The van der Waals surface area contributed by atoms with Crippen molar-refractivity contribution in [2.24, 2.45) is 4.99 Å². The predicted molar refractivity (Wildman–Crippen MR) is 105 cm³/mol. The lowest BCUT2D eigenvalue weighted by atomic mass is 10.1. The average Bonchev–Trinajstić information content (AvgIpc) is 2.87. The highest BCUT2D eigenvalue weighted by Gasteiger charge is 2.11. The van der Waals surface area contributed by atoms with Gasteiger partial charge >= 0.3 is 5.97 Å². The average molecular weight is 346 g/mol. The number of aliphatic imine (C=N–C) groups is 1. The van der Waals surface area contributed by atoms with E-state index in [4.69, 9.17) is 0 Å². The molecular formula is C22H22N2O2. The van der Waals surface area contributed by atoms with Gasteiger partial charge in [0.05, 0.1) is 11.3 Å². The fourth-order valence-electron chi connectivity index (χ4n) is 3.22. The van der Waals surface area contributed by atoms with Crippen molar-refractivity contribution in [2.75, 3.05) is 0 Å². The summed E-state index contributed by atoms with van der Waals surface area (Å²) in [7, 11) is 0. The van der Waals surface area contributed by atoms with Gasteiger partial charge in [0.1, 0.15) is 0 Å². The van der Waals surface area contributed by atoms with E-state index in [1.54, 1.807) is 19.1 Å². The summed E-state index contributed by atoms with van der Waals surface area (Å²) in [5, 5.41) is 9.25. The van der Waals surface area contributed by atoms with Gasteiger partial charge in [-0.05, 0) is 69.2 Å². The van der Waals surface area contributed by atoms with Crippen molar-refractivity contribution in [3.63, 3.8) is 0 Å². The normalized spacial score (nSPS) is 11.2. The van der Waals surface area contributed by atoms with Gasteiger partial charge in [0.25, 0.3) is 0 Å². The number of aromatic carboxylic acids is 1. The first-order valence-electron chi connectivity index (χ1n) is 8.51. The summed E-state index contributed by atoms with van der Waals surface area (Å²) in [4.78, 5) is 15.8. The molecule has 3 rings (SSSR count). The zero-order valence-corrected chi connectivity index (χ0v) is 15.4. The molecule has 0 bridgehead atoms. The molecule has 0 saturated heterocycles. The Balaban J connectivity index is 2.00. The van der Waals surface area contributed by atoms with Gasteiger partial charge in [0.15, 0.2) is 0 Å². The Bertz CT molecular complexity index is 1010. The first-order valence-corrected chi connectivity index (χ1v) is 8.51. The Labute approximate surface area is 153 Å². The molecule has 26 heavy (non-hydrogen) atoms. The quantitative estimate of drug-likeness (QED) is 0.663. The predicted octanol–water partition coefficient (Wildman–Crippen LogP) is 5.16. The van der Waals surface area contributed by atoms with Crippen molar-refractivity contribution in [2.45, 2.75) is 27.7 Å². The molecular weight excluding hydrogens is 324 g/mol.